The zero-order chi connectivity index (χ0) is 23.7. The molecule has 1 N–H and O–H groups in total. The van der Waals surface area contributed by atoms with Crippen molar-refractivity contribution in [2.45, 2.75) is 23.8 Å². The second-order valence-electron chi connectivity index (χ2n) is 8.42. The van der Waals surface area contributed by atoms with E-state index in [-0.39, 0.29) is 11.9 Å². The second kappa shape index (κ2) is 8.93. The summed E-state index contributed by atoms with van der Waals surface area (Å²) in [6, 6.07) is 18.5. The summed E-state index contributed by atoms with van der Waals surface area (Å²) in [6.45, 7) is 1.30. The van der Waals surface area contributed by atoms with Gasteiger partial charge in [-0.3, -0.25) is 8.18 Å². The molecule has 0 spiro atoms. The van der Waals surface area contributed by atoms with Gasteiger partial charge in [0, 0.05) is 41.1 Å². The van der Waals surface area contributed by atoms with Gasteiger partial charge in [0.25, 0.3) is 0 Å². The lowest BCUT2D eigenvalue weighted by Crippen LogP contribution is -2.26. The number of benzene rings is 2. The molecule has 1 saturated heterocycles. The van der Waals surface area contributed by atoms with Crippen LogP contribution in [0.15, 0.2) is 71.9 Å². The Hall–Kier alpha value is -3.67. The molecule has 5 rings (SSSR count). The Bertz CT molecular complexity index is 1440. The molecule has 3 heterocycles. The topological polar surface area (TPSA) is 97.4 Å². The minimum atomic E-state index is -3.04. The van der Waals surface area contributed by atoms with E-state index < -0.39 is 10.1 Å². The van der Waals surface area contributed by atoms with Crippen molar-refractivity contribution in [1.82, 2.24) is 8.96 Å². The molecule has 4 aromatic rings. The minimum Gasteiger partial charge on any atom is -0.506 e. The number of rotatable bonds is 5. The lowest BCUT2D eigenvalue weighted by molar-refractivity contribution is 0.0254. The monoisotopic (exact) mass is 475 g/mol. The summed E-state index contributed by atoms with van der Waals surface area (Å²) in [5.74, 6) is 0.547. The van der Waals surface area contributed by atoms with E-state index >= 15 is 0 Å². The number of pyridine rings is 1. The van der Waals surface area contributed by atoms with Crippen LogP contribution in [0.4, 0.5) is 0 Å². The van der Waals surface area contributed by atoms with Crippen LogP contribution in [0, 0.1) is 11.3 Å². The van der Waals surface area contributed by atoms with Gasteiger partial charge in [-0.25, -0.2) is 4.98 Å². The fourth-order valence-electron chi connectivity index (χ4n) is 4.29. The maximum Gasteiger partial charge on any atom is 0.151 e. The average Bonchev–Trinajstić information content (AvgIpc) is 3.25. The first-order chi connectivity index (χ1) is 16.5. The van der Waals surface area contributed by atoms with Crippen molar-refractivity contribution in [2.24, 2.45) is 0 Å². The van der Waals surface area contributed by atoms with Gasteiger partial charge in [0.05, 0.1) is 25.0 Å². The highest BCUT2D eigenvalue weighted by Gasteiger charge is 2.22. The number of thiol groups is 1. The third-order valence-electron chi connectivity index (χ3n) is 6.13. The molecular weight excluding hydrogens is 450 g/mol. The molecule has 7 nitrogen and oxygen atoms in total. The molecule has 1 fully saturated rings. The predicted octanol–water partition coefficient (Wildman–Crippen LogP) is 4.31. The second-order valence-corrected chi connectivity index (χ2v) is 11.1. The Morgan fingerprint density at radius 2 is 1.94 bits per heavy atom. The van der Waals surface area contributed by atoms with Crippen molar-refractivity contribution in [3.63, 3.8) is 0 Å². The average molecular weight is 476 g/mol. The van der Waals surface area contributed by atoms with E-state index in [0.29, 0.717) is 40.5 Å². The summed E-state index contributed by atoms with van der Waals surface area (Å²) in [6.07, 6.45) is 6.43. The van der Waals surface area contributed by atoms with Crippen LogP contribution in [0.3, 0.4) is 0 Å². The predicted molar refractivity (Wildman–Crippen MR) is 132 cm³/mol. The van der Waals surface area contributed by atoms with Crippen molar-refractivity contribution in [2.75, 3.05) is 19.5 Å². The van der Waals surface area contributed by atoms with E-state index in [4.69, 9.17) is 9.47 Å². The van der Waals surface area contributed by atoms with Gasteiger partial charge in [-0.1, -0.05) is 24.3 Å². The summed E-state index contributed by atoms with van der Waals surface area (Å²) in [5, 5.41) is 20.6. The molecule has 2 aromatic carbocycles. The van der Waals surface area contributed by atoms with Crippen LogP contribution < -0.4 is 4.74 Å². The highest BCUT2D eigenvalue weighted by molar-refractivity contribution is 8.01. The number of aromatic hydroxyl groups is 1. The number of hydrogen-bond acceptors (Lipinski definition) is 6. The van der Waals surface area contributed by atoms with Gasteiger partial charge >= 0.3 is 0 Å². The lowest BCUT2D eigenvalue weighted by atomic mass is 10.0. The molecule has 0 unspecified atom stereocenters. The first-order valence-electron chi connectivity index (χ1n) is 11.1. The summed E-state index contributed by atoms with van der Waals surface area (Å²) in [5.41, 5.74) is 2.40. The van der Waals surface area contributed by atoms with Crippen molar-refractivity contribution in [1.29, 1.82) is 5.26 Å². The van der Waals surface area contributed by atoms with E-state index in [2.05, 4.69) is 11.1 Å². The zero-order valence-electron chi connectivity index (χ0n) is 18.7. The van der Waals surface area contributed by atoms with E-state index in [1.54, 1.807) is 34.6 Å². The highest BCUT2D eigenvalue weighted by Crippen LogP contribution is 2.37. The number of nitriles is 1. The van der Waals surface area contributed by atoms with Crippen LogP contribution >= 0.6 is 0 Å². The summed E-state index contributed by atoms with van der Waals surface area (Å²) in [4.78, 5) is 5.10. The van der Waals surface area contributed by atoms with Crippen LogP contribution in [0.2, 0.25) is 0 Å². The van der Waals surface area contributed by atoms with Gasteiger partial charge in [0.2, 0.25) is 0 Å². The molecule has 0 saturated carbocycles. The van der Waals surface area contributed by atoms with Crippen LogP contribution in [-0.2, 0) is 14.9 Å². The third-order valence-corrected chi connectivity index (χ3v) is 8.51. The quantitative estimate of drug-likeness (QED) is 0.418. The molecule has 0 amide bonds. The van der Waals surface area contributed by atoms with Crippen LogP contribution in [-0.4, -0.2) is 43.8 Å². The SMILES string of the molecule is C[SH](=O)(c1ccccc1)n1cc(-c2ccc(OC3CCOCC3)c(C#N)c2)c2cc(O)cnc21. The van der Waals surface area contributed by atoms with Crippen molar-refractivity contribution in [3.05, 3.63) is 72.6 Å². The van der Waals surface area contributed by atoms with E-state index in [1.807, 2.05) is 36.4 Å². The molecule has 2 aromatic heterocycles. The van der Waals surface area contributed by atoms with Gasteiger partial charge in [-0.15, -0.1) is 0 Å². The van der Waals surface area contributed by atoms with Gasteiger partial charge in [-0.2, -0.15) is 5.26 Å². The summed E-state index contributed by atoms with van der Waals surface area (Å²) < 4.78 is 27.1. The van der Waals surface area contributed by atoms with Gasteiger partial charge in [0.1, 0.15) is 23.7 Å². The molecule has 0 bridgehead atoms. The Kier molecular flexibility index (Phi) is 5.82. The molecule has 34 heavy (non-hydrogen) atoms. The molecule has 8 heteroatoms. The maximum absolute atomic E-state index is 13.9. The molecule has 0 radical (unpaired) electrons. The fraction of sp³-hybridized carbons (Fsp3) is 0.231. The Morgan fingerprint density at radius 1 is 1.18 bits per heavy atom. The number of hydrogen-bond donors (Lipinski definition) is 2. The molecule has 1 aliphatic rings. The number of aromatic nitrogens is 2. The molecule has 0 atom stereocenters. The Labute approximate surface area is 198 Å². The Balaban J connectivity index is 1.61. The molecular formula is C26H25N3O4S. The van der Waals surface area contributed by atoms with Gasteiger partial charge in [0.15, 0.2) is 5.65 Å². The van der Waals surface area contributed by atoms with E-state index in [0.717, 1.165) is 24.0 Å². The molecule has 1 aliphatic heterocycles. The Morgan fingerprint density at radius 3 is 2.68 bits per heavy atom. The van der Waals surface area contributed by atoms with Crippen LogP contribution in [0.25, 0.3) is 22.2 Å². The van der Waals surface area contributed by atoms with E-state index in [1.165, 1.54) is 6.20 Å². The standard InChI is InChI=1S/C26H25N3O4S/c1-34(31,22-5-3-2-4-6-22)29-17-24(23-14-20(30)16-28-26(23)29)18-7-8-25(19(13-18)15-27)33-21-9-11-32-12-10-21/h2-8,13-14,16-17,21,30,34H,9-12H2,1H3. The van der Waals surface area contributed by atoms with Crippen molar-refractivity contribution >= 4 is 21.2 Å². The minimum absolute atomic E-state index is 0.0112. The van der Waals surface area contributed by atoms with Crippen molar-refractivity contribution < 1.29 is 18.8 Å². The zero-order valence-corrected chi connectivity index (χ0v) is 19.6. The normalized spacial score (nSPS) is 15.2. The number of fused-ring (bicyclic) bond motifs is 1. The number of nitrogens with zero attached hydrogens (tertiary/aromatic N) is 3. The number of ether oxygens (including phenoxy) is 2. The van der Waals surface area contributed by atoms with Gasteiger partial charge in [-0.05, 0) is 46.0 Å². The summed E-state index contributed by atoms with van der Waals surface area (Å²) >= 11 is 0. The largest absolute Gasteiger partial charge is 0.506 e. The van der Waals surface area contributed by atoms with Crippen LogP contribution in [0.1, 0.15) is 18.4 Å². The van der Waals surface area contributed by atoms with E-state index in [9.17, 15) is 14.6 Å². The first kappa shape index (κ1) is 22.1. The van der Waals surface area contributed by atoms with Crippen LogP contribution in [0.5, 0.6) is 11.5 Å². The summed E-state index contributed by atoms with van der Waals surface area (Å²) in [7, 11) is -3.04. The van der Waals surface area contributed by atoms with Gasteiger partial charge < -0.3 is 14.6 Å². The maximum atomic E-state index is 13.9. The molecule has 174 valence electrons. The van der Waals surface area contributed by atoms with Crippen molar-refractivity contribution in [3.8, 4) is 28.7 Å². The lowest BCUT2D eigenvalue weighted by Gasteiger charge is -2.23. The fourth-order valence-corrected chi connectivity index (χ4v) is 6.12. The highest BCUT2D eigenvalue weighted by atomic mass is 32.3. The smallest absolute Gasteiger partial charge is 0.151 e. The molecule has 0 aliphatic carbocycles. The third kappa shape index (κ3) is 4.04. The first-order valence-corrected chi connectivity index (χ1v) is 13.2.